The maximum atomic E-state index is 5.21. The van der Waals surface area contributed by atoms with Crippen molar-refractivity contribution in [2.24, 2.45) is 7.05 Å². The Morgan fingerprint density at radius 3 is 2.50 bits per heavy atom. The molecule has 1 heterocycles. The van der Waals surface area contributed by atoms with Crippen molar-refractivity contribution in [3.05, 3.63) is 59.4 Å². The zero-order chi connectivity index (χ0) is 12.8. The van der Waals surface area contributed by atoms with Crippen molar-refractivity contribution in [1.82, 2.24) is 9.88 Å². The van der Waals surface area contributed by atoms with Gasteiger partial charge in [0.2, 0.25) is 0 Å². The minimum atomic E-state index is 0.669. The molecule has 2 rings (SSSR count). The first-order valence-corrected chi connectivity index (χ1v) is 6.18. The summed E-state index contributed by atoms with van der Waals surface area (Å²) in [5, 5.41) is 3.47. The fourth-order valence-corrected chi connectivity index (χ4v) is 2.03. The third kappa shape index (κ3) is 3.22. The Balaban J connectivity index is 1.92. The molecule has 0 saturated carbocycles. The number of benzene rings is 1. The van der Waals surface area contributed by atoms with Gasteiger partial charge in [0.25, 0.3) is 0 Å². The van der Waals surface area contributed by atoms with Crippen LogP contribution in [0.15, 0.2) is 42.6 Å². The zero-order valence-corrected chi connectivity index (χ0v) is 11.0. The van der Waals surface area contributed by atoms with Crippen LogP contribution in [0.25, 0.3) is 0 Å². The van der Waals surface area contributed by atoms with Gasteiger partial charge in [0.1, 0.15) is 0 Å². The van der Waals surface area contributed by atoms with Crippen LogP contribution in [0.4, 0.5) is 0 Å². The van der Waals surface area contributed by atoms with Gasteiger partial charge in [0, 0.05) is 39.1 Å². The highest BCUT2D eigenvalue weighted by Crippen LogP contribution is 2.10. The van der Waals surface area contributed by atoms with E-state index < -0.39 is 0 Å². The van der Waals surface area contributed by atoms with Crippen LogP contribution in [0, 0.1) is 0 Å². The first kappa shape index (κ1) is 12.9. The summed E-state index contributed by atoms with van der Waals surface area (Å²) in [6.07, 6.45) is 2.07. The highest BCUT2D eigenvalue weighted by atomic mass is 16.5. The molecule has 0 fully saturated rings. The zero-order valence-electron chi connectivity index (χ0n) is 11.0. The van der Waals surface area contributed by atoms with Gasteiger partial charge in [-0.25, -0.2) is 0 Å². The lowest BCUT2D eigenvalue weighted by atomic mass is 10.1. The third-order valence-electron chi connectivity index (χ3n) is 3.09. The summed E-state index contributed by atoms with van der Waals surface area (Å²) in [6, 6.07) is 12.6. The Morgan fingerprint density at radius 2 is 1.83 bits per heavy atom. The number of hydrogen-bond donors (Lipinski definition) is 1. The van der Waals surface area contributed by atoms with Crippen molar-refractivity contribution in [2.75, 3.05) is 7.11 Å². The lowest BCUT2D eigenvalue weighted by molar-refractivity contribution is 0.184. The molecule has 0 bridgehead atoms. The largest absolute Gasteiger partial charge is 0.380 e. The second-order valence-corrected chi connectivity index (χ2v) is 4.42. The molecule has 3 heteroatoms. The minimum absolute atomic E-state index is 0.669. The van der Waals surface area contributed by atoms with Gasteiger partial charge in [-0.15, -0.1) is 0 Å². The second-order valence-electron chi connectivity index (χ2n) is 4.42. The molecule has 0 saturated heterocycles. The number of methoxy groups -OCH3 is 1. The molecule has 1 N–H and O–H groups in total. The van der Waals surface area contributed by atoms with Crippen molar-refractivity contribution in [3.8, 4) is 0 Å². The molecule has 1 aromatic heterocycles. The Kier molecular flexibility index (Phi) is 4.56. The van der Waals surface area contributed by atoms with E-state index in [0.717, 1.165) is 13.1 Å². The van der Waals surface area contributed by atoms with Gasteiger partial charge in [-0.1, -0.05) is 24.3 Å². The van der Waals surface area contributed by atoms with Gasteiger partial charge in [0.15, 0.2) is 0 Å². The van der Waals surface area contributed by atoms with E-state index in [9.17, 15) is 0 Å². The number of ether oxygens (including phenoxy) is 1. The van der Waals surface area contributed by atoms with Gasteiger partial charge in [-0.05, 0) is 23.3 Å². The van der Waals surface area contributed by atoms with E-state index in [0.29, 0.717) is 6.61 Å². The predicted octanol–water partition coefficient (Wildman–Crippen LogP) is 2.46. The van der Waals surface area contributed by atoms with Crippen molar-refractivity contribution in [2.45, 2.75) is 19.7 Å². The van der Waals surface area contributed by atoms with Crippen LogP contribution >= 0.6 is 0 Å². The molecular formula is C15H20N2O. The molecule has 0 aliphatic carbocycles. The highest BCUT2D eigenvalue weighted by Gasteiger charge is 2.01. The Labute approximate surface area is 108 Å². The van der Waals surface area contributed by atoms with Crippen LogP contribution in [0.2, 0.25) is 0 Å². The molecule has 18 heavy (non-hydrogen) atoms. The maximum absolute atomic E-state index is 5.21. The Morgan fingerprint density at radius 1 is 1.06 bits per heavy atom. The first-order chi connectivity index (χ1) is 8.81. The van der Waals surface area contributed by atoms with E-state index in [1.54, 1.807) is 7.11 Å². The maximum Gasteiger partial charge on any atom is 0.0716 e. The van der Waals surface area contributed by atoms with Gasteiger partial charge >= 0.3 is 0 Å². The van der Waals surface area contributed by atoms with Crippen LogP contribution < -0.4 is 5.32 Å². The van der Waals surface area contributed by atoms with E-state index in [4.69, 9.17) is 4.74 Å². The highest BCUT2D eigenvalue weighted by molar-refractivity contribution is 5.26. The standard InChI is InChI=1S/C15H20N2O/c1-17-9-5-8-15(17)11-16-10-13-6-3-4-7-14(13)12-18-2/h3-9,16H,10-12H2,1-2H3. The molecule has 0 radical (unpaired) electrons. The Bertz CT molecular complexity index is 491. The van der Waals surface area contributed by atoms with Crippen LogP contribution in [0.3, 0.4) is 0 Å². The summed E-state index contributed by atoms with van der Waals surface area (Å²) in [5.41, 5.74) is 3.84. The van der Waals surface area contributed by atoms with Crippen LogP contribution in [-0.4, -0.2) is 11.7 Å². The number of nitrogens with one attached hydrogen (secondary N) is 1. The monoisotopic (exact) mass is 244 g/mol. The van der Waals surface area contributed by atoms with Gasteiger partial charge in [-0.3, -0.25) is 0 Å². The van der Waals surface area contributed by atoms with Crippen molar-refractivity contribution in [1.29, 1.82) is 0 Å². The number of hydrogen-bond acceptors (Lipinski definition) is 2. The summed E-state index contributed by atoms with van der Waals surface area (Å²) < 4.78 is 7.34. The van der Waals surface area contributed by atoms with E-state index in [1.807, 2.05) is 0 Å². The molecule has 0 atom stereocenters. The fourth-order valence-electron chi connectivity index (χ4n) is 2.03. The summed E-state index contributed by atoms with van der Waals surface area (Å²) in [4.78, 5) is 0. The molecule has 1 aromatic carbocycles. The SMILES string of the molecule is COCc1ccccc1CNCc1cccn1C. The molecule has 3 nitrogen and oxygen atoms in total. The molecule has 96 valence electrons. The van der Waals surface area contributed by atoms with E-state index >= 15 is 0 Å². The normalized spacial score (nSPS) is 10.8. The van der Waals surface area contributed by atoms with Crippen molar-refractivity contribution < 1.29 is 4.74 Å². The molecule has 0 spiro atoms. The van der Waals surface area contributed by atoms with Crippen LogP contribution in [0.1, 0.15) is 16.8 Å². The lowest BCUT2D eigenvalue weighted by Crippen LogP contribution is -2.16. The smallest absolute Gasteiger partial charge is 0.0716 e. The quantitative estimate of drug-likeness (QED) is 0.845. The molecule has 0 aliphatic rings. The van der Waals surface area contributed by atoms with Crippen LogP contribution in [-0.2, 0) is 31.5 Å². The number of nitrogens with zero attached hydrogens (tertiary/aromatic N) is 1. The summed E-state index contributed by atoms with van der Waals surface area (Å²) >= 11 is 0. The summed E-state index contributed by atoms with van der Waals surface area (Å²) in [6.45, 7) is 2.41. The first-order valence-electron chi connectivity index (χ1n) is 6.18. The summed E-state index contributed by atoms with van der Waals surface area (Å²) in [7, 11) is 3.80. The van der Waals surface area contributed by atoms with Gasteiger partial charge < -0.3 is 14.6 Å². The number of aryl methyl sites for hydroxylation is 1. The van der Waals surface area contributed by atoms with E-state index in [1.165, 1.54) is 16.8 Å². The lowest BCUT2D eigenvalue weighted by Gasteiger charge is -2.10. The topological polar surface area (TPSA) is 26.2 Å². The number of rotatable bonds is 6. The average molecular weight is 244 g/mol. The average Bonchev–Trinajstić information content (AvgIpc) is 2.78. The van der Waals surface area contributed by atoms with E-state index in [-0.39, 0.29) is 0 Å². The fraction of sp³-hybridized carbons (Fsp3) is 0.333. The van der Waals surface area contributed by atoms with Crippen LogP contribution in [0.5, 0.6) is 0 Å². The summed E-state index contributed by atoms with van der Waals surface area (Å²) in [5.74, 6) is 0. The van der Waals surface area contributed by atoms with Gasteiger partial charge in [0.05, 0.1) is 6.61 Å². The molecular weight excluding hydrogens is 224 g/mol. The third-order valence-corrected chi connectivity index (χ3v) is 3.09. The van der Waals surface area contributed by atoms with Crippen molar-refractivity contribution >= 4 is 0 Å². The predicted molar refractivity (Wildman–Crippen MR) is 73.1 cm³/mol. The Hall–Kier alpha value is -1.58. The molecule has 2 aromatic rings. The van der Waals surface area contributed by atoms with Gasteiger partial charge in [-0.2, -0.15) is 0 Å². The second kappa shape index (κ2) is 6.38. The molecule has 0 unspecified atom stereocenters. The molecule has 0 amide bonds. The minimum Gasteiger partial charge on any atom is -0.380 e. The van der Waals surface area contributed by atoms with Crippen molar-refractivity contribution in [3.63, 3.8) is 0 Å². The van der Waals surface area contributed by atoms with E-state index in [2.05, 4.69) is 59.5 Å². The molecule has 0 aliphatic heterocycles. The number of aromatic nitrogens is 1.